The Morgan fingerprint density at radius 3 is 2.03 bits per heavy atom. The number of hydrogen-bond acceptors (Lipinski definition) is 12. The molecule has 3 aliphatic heterocycles. The monoisotopic (exact) mass is 774 g/mol. The number of aromatic nitrogens is 4. The van der Waals surface area contributed by atoms with Gasteiger partial charge in [-0.25, -0.2) is 4.79 Å². The van der Waals surface area contributed by atoms with Gasteiger partial charge in [0, 0.05) is 23.1 Å². The van der Waals surface area contributed by atoms with Crippen molar-refractivity contribution in [1.29, 1.82) is 0 Å². The second-order valence-corrected chi connectivity index (χ2v) is 13.2. The van der Waals surface area contributed by atoms with Crippen LogP contribution in [-0.4, -0.2) is 57.6 Å². The van der Waals surface area contributed by atoms with E-state index < -0.39 is 5.97 Å². The van der Waals surface area contributed by atoms with E-state index in [1.165, 1.54) is 0 Å². The van der Waals surface area contributed by atoms with Gasteiger partial charge in [0.2, 0.25) is 0 Å². The molecule has 0 amide bonds. The molecule has 7 heterocycles. The fourth-order valence-corrected chi connectivity index (χ4v) is 6.92. The molecule has 0 bridgehead atoms. The summed E-state index contributed by atoms with van der Waals surface area (Å²) >= 11 is 0. The molecule has 0 radical (unpaired) electrons. The summed E-state index contributed by atoms with van der Waals surface area (Å²) in [6.45, 7) is 0.219. The van der Waals surface area contributed by atoms with Gasteiger partial charge in [0.1, 0.15) is 30.2 Å². The maximum Gasteiger partial charge on any atom is 0.337 e. The van der Waals surface area contributed by atoms with Gasteiger partial charge in [-0.3, -0.25) is 24.6 Å². The van der Waals surface area contributed by atoms with Gasteiger partial charge in [-0.1, -0.05) is 84.9 Å². The number of carbonyl (C=O) groups is 4. The molecule has 4 aromatic carbocycles. The predicted octanol–water partition coefficient (Wildman–Crippen LogP) is 7.60. The summed E-state index contributed by atoms with van der Waals surface area (Å²) in [4.78, 5) is 43.4. The van der Waals surface area contributed by atoms with Crippen molar-refractivity contribution in [2.75, 3.05) is 24.3 Å². The minimum absolute atomic E-state index is 0.0150. The third kappa shape index (κ3) is 7.62. The lowest BCUT2D eigenvalue weighted by atomic mass is 9.79. The SMILES string of the molecule is Nc1cc(-c2ccco2)[nH]n1.O=C1COC(=O)C1.O=C1OCC2=C1C(c1cccc3ccccc13)c1c(n[nH]c1-c1ccco1)N2.O=Cc1cccc2ccccc12. The number of aldehydes is 1. The molecule has 1 fully saturated rings. The van der Waals surface area contributed by atoms with E-state index in [9.17, 15) is 19.2 Å². The number of Topliss-reactive ketones (excluding diaryl/α,β-unsaturated/α-hetero) is 1. The van der Waals surface area contributed by atoms with Gasteiger partial charge in [-0.15, -0.1) is 0 Å². The van der Waals surface area contributed by atoms with Crippen LogP contribution >= 0.6 is 0 Å². The number of aromatic amines is 2. The number of esters is 2. The number of carbonyl (C=O) groups excluding carboxylic acids is 4. The largest absolute Gasteiger partial charge is 0.463 e. The number of H-pyrrole nitrogens is 2. The van der Waals surface area contributed by atoms with Crippen molar-refractivity contribution in [3.63, 3.8) is 0 Å². The first kappa shape index (κ1) is 36.9. The quantitative estimate of drug-likeness (QED) is 0.0774. The van der Waals surface area contributed by atoms with Crippen molar-refractivity contribution < 1.29 is 37.5 Å². The van der Waals surface area contributed by atoms with Gasteiger partial charge < -0.3 is 29.4 Å². The van der Waals surface area contributed by atoms with Crippen molar-refractivity contribution in [2.24, 2.45) is 0 Å². The average molecular weight is 775 g/mol. The molecule has 14 nitrogen and oxygen atoms in total. The summed E-state index contributed by atoms with van der Waals surface area (Å²) in [6, 6.07) is 37.0. The Morgan fingerprint density at radius 2 is 1.40 bits per heavy atom. The van der Waals surface area contributed by atoms with Gasteiger partial charge in [0.25, 0.3) is 0 Å². The first-order valence-electron chi connectivity index (χ1n) is 18.1. The van der Waals surface area contributed by atoms with Crippen LogP contribution in [0.3, 0.4) is 0 Å². The molecule has 5 N–H and O–H groups in total. The van der Waals surface area contributed by atoms with Gasteiger partial charge in [0.05, 0.1) is 23.8 Å². The van der Waals surface area contributed by atoms with E-state index in [4.69, 9.17) is 19.3 Å². The number of nitrogens with zero attached hydrogens (tertiary/aromatic N) is 2. The number of nitrogens with one attached hydrogen (secondary N) is 3. The number of cyclic esters (lactones) is 2. The molecule has 0 spiro atoms. The summed E-state index contributed by atoms with van der Waals surface area (Å²) in [5, 5.41) is 21.7. The number of anilines is 2. The van der Waals surface area contributed by atoms with Crippen molar-refractivity contribution in [2.45, 2.75) is 12.3 Å². The molecule has 0 saturated carbocycles. The molecule has 14 heteroatoms. The number of hydrogen-bond donors (Lipinski definition) is 4. The van der Waals surface area contributed by atoms with Crippen LogP contribution in [0.25, 0.3) is 44.5 Å². The third-order valence-corrected chi connectivity index (χ3v) is 9.52. The third-order valence-electron chi connectivity index (χ3n) is 9.52. The minimum atomic E-state index is -0.398. The Kier molecular flexibility index (Phi) is 10.4. The number of fused-ring (bicyclic) bond motifs is 3. The lowest BCUT2D eigenvalue weighted by molar-refractivity contribution is -0.138. The Balaban J connectivity index is 0.000000128. The fourth-order valence-electron chi connectivity index (χ4n) is 6.92. The summed E-state index contributed by atoms with van der Waals surface area (Å²) in [6.07, 6.45) is 4.09. The molecule has 0 aliphatic carbocycles. The molecule has 4 aromatic heterocycles. The smallest absolute Gasteiger partial charge is 0.337 e. The fraction of sp³-hybridized carbons (Fsp3) is 0.0909. The van der Waals surface area contributed by atoms with Gasteiger partial charge >= 0.3 is 11.9 Å². The summed E-state index contributed by atoms with van der Waals surface area (Å²) in [7, 11) is 0. The van der Waals surface area contributed by atoms with E-state index in [2.05, 4.69) is 54.7 Å². The average Bonchev–Trinajstić information content (AvgIpc) is 4.12. The van der Waals surface area contributed by atoms with E-state index in [0.717, 1.165) is 67.4 Å². The Hall–Kier alpha value is -8.00. The summed E-state index contributed by atoms with van der Waals surface area (Å²) < 4.78 is 20.4. The normalized spacial score (nSPS) is 15.1. The summed E-state index contributed by atoms with van der Waals surface area (Å²) in [5.74, 6) is 1.47. The number of nitrogens with two attached hydrogens (primary N) is 1. The van der Waals surface area contributed by atoms with Crippen molar-refractivity contribution in [1.82, 2.24) is 20.4 Å². The first-order valence-corrected chi connectivity index (χ1v) is 18.1. The lowest BCUT2D eigenvalue weighted by Gasteiger charge is -2.25. The Bertz CT molecular complexity index is 2770. The van der Waals surface area contributed by atoms with Crippen LogP contribution in [0, 0.1) is 0 Å². The number of ether oxygens (including phenoxy) is 2. The molecule has 58 heavy (non-hydrogen) atoms. The standard InChI is InChI=1S/C22H15N3O3.C11H8O.C7H7N3O.C4H4O3/c26-22-18-15(11-28-22)23-21-19(20(24-25-21)16-9-4-10-27-16)17(18)14-8-3-6-12-5-1-2-7-13(12)14;12-8-10-6-3-5-9-4-1-2-7-11(9)10;8-7-4-5(9-10-7)6-2-1-3-11-6;5-3-1-4(6)7-2-3/h1-10,17H,11H2,(H2,23,24,25);1-8H;1-4H,(H3,8,9,10);1-2H2. The number of rotatable bonds is 4. The van der Waals surface area contributed by atoms with Crippen LogP contribution in [0.1, 0.15) is 33.8 Å². The number of benzene rings is 4. The zero-order valence-corrected chi connectivity index (χ0v) is 30.6. The Morgan fingerprint density at radius 1 is 0.707 bits per heavy atom. The zero-order valence-electron chi connectivity index (χ0n) is 30.6. The van der Waals surface area contributed by atoms with Crippen LogP contribution in [0.5, 0.6) is 0 Å². The highest BCUT2D eigenvalue weighted by Crippen LogP contribution is 2.48. The molecule has 1 unspecified atom stereocenters. The zero-order chi connectivity index (χ0) is 40.0. The highest BCUT2D eigenvalue weighted by atomic mass is 16.5. The maximum atomic E-state index is 12.7. The molecule has 3 aliphatic rings. The Labute approximate surface area is 329 Å². The highest BCUT2D eigenvalue weighted by Gasteiger charge is 2.42. The maximum absolute atomic E-state index is 12.7. The number of nitrogen functional groups attached to an aromatic ring is 1. The second kappa shape index (κ2) is 16.4. The van der Waals surface area contributed by atoms with Crippen molar-refractivity contribution in [3.05, 3.63) is 156 Å². The molecule has 11 rings (SSSR count). The van der Waals surface area contributed by atoms with E-state index in [-0.39, 0.29) is 37.3 Å². The highest BCUT2D eigenvalue weighted by molar-refractivity contribution is 6.01. The van der Waals surface area contributed by atoms with Crippen LogP contribution in [0.2, 0.25) is 0 Å². The van der Waals surface area contributed by atoms with E-state index in [0.29, 0.717) is 23.0 Å². The van der Waals surface area contributed by atoms with Gasteiger partial charge in [0.15, 0.2) is 36.0 Å². The second-order valence-electron chi connectivity index (χ2n) is 13.2. The molecule has 288 valence electrons. The van der Waals surface area contributed by atoms with E-state index >= 15 is 0 Å². The molecule has 1 atom stereocenters. The molecule has 8 aromatic rings. The van der Waals surface area contributed by atoms with Crippen molar-refractivity contribution >= 4 is 57.2 Å². The first-order chi connectivity index (χ1) is 28.4. The van der Waals surface area contributed by atoms with Crippen LogP contribution in [0.15, 0.2) is 148 Å². The van der Waals surface area contributed by atoms with Gasteiger partial charge in [-0.05, 0) is 51.4 Å². The predicted molar refractivity (Wildman–Crippen MR) is 214 cm³/mol. The lowest BCUT2D eigenvalue weighted by Crippen LogP contribution is -2.20. The van der Waals surface area contributed by atoms with Gasteiger partial charge in [-0.2, -0.15) is 10.2 Å². The molecular weight excluding hydrogens is 741 g/mol. The topological polar surface area (TPSA) is 208 Å². The number of furan rings is 2. The molecule has 1 saturated heterocycles. The van der Waals surface area contributed by atoms with E-state index in [1.54, 1.807) is 18.6 Å². The van der Waals surface area contributed by atoms with Crippen molar-refractivity contribution in [3.8, 4) is 22.9 Å². The van der Waals surface area contributed by atoms with Crippen LogP contribution < -0.4 is 11.1 Å². The molecular formula is C44H34N6O8. The van der Waals surface area contributed by atoms with Crippen LogP contribution in [0.4, 0.5) is 11.6 Å². The number of ketones is 1. The van der Waals surface area contributed by atoms with Crippen LogP contribution in [-0.2, 0) is 23.9 Å². The van der Waals surface area contributed by atoms with E-state index in [1.807, 2.05) is 84.9 Å². The minimum Gasteiger partial charge on any atom is -0.463 e. The summed E-state index contributed by atoms with van der Waals surface area (Å²) in [5.41, 5.74) is 11.1.